The summed E-state index contributed by atoms with van der Waals surface area (Å²) < 4.78 is 1.94. The molecule has 0 amide bonds. The number of pyridine rings is 2. The highest BCUT2D eigenvalue weighted by Crippen LogP contribution is 2.26. The Morgan fingerprint density at radius 2 is 1.93 bits per heavy atom. The summed E-state index contributed by atoms with van der Waals surface area (Å²) >= 11 is 6.81. The molecule has 2 aromatic rings. The van der Waals surface area contributed by atoms with Gasteiger partial charge in [0.05, 0.1) is 10.2 Å². The third-order valence-electron chi connectivity index (χ3n) is 1.77. The Bertz CT molecular complexity index is 443. The molecule has 0 saturated carbocycles. The van der Waals surface area contributed by atoms with Crippen molar-refractivity contribution in [1.29, 1.82) is 0 Å². The maximum absolute atomic E-state index is 4.29. The molecule has 0 saturated heterocycles. The monoisotopic (exact) mass is 312 g/mol. The minimum atomic E-state index is 0.910. The Morgan fingerprint density at radius 1 is 1.07 bits per heavy atom. The van der Waals surface area contributed by atoms with Crippen molar-refractivity contribution >= 4 is 31.9 Å². The van der Waals surface area contributed by atoms with Crippen molar-refractivity contribution in [2.45, 2.75) is 0 Å². The summed E-state index contributed by atoms with van der Waals surface area (Å²) in [6.45, 7) is 0. The number of rotatable bonds is 1. The molecule has 0 spiro atoms. The second-order valence-corrected chi connectivity index (χ2v) is 4.43. The van der Waals surface area contributed by atoms with Gasteiger partial charge in [0.2, 0.25) is 0 Å². The number of nitrogens with zero attached hydrogens (tertiary/aromatic N) is 2. The smallest absolute Gasteiger partial charge is 0.0729 e. The Balaban J connectivity index is 2.48. The van der Waals surface area contributed by atoms with Gasteiger partial charge in [-0.2, -0.15) is 0 Å². The molecule has 0 aliphatic rings. The molecular weight excluding hydrogens is 308 g/mol. The van der Waals surface area contributed by atoms with E-state index in [1.165, 1.54) is 0 Å². The molecule has 2 rings (SSSR count). The van der Waals surface area contributed by atoms with Crippen molar-refractivity contribution < 1.29 is 0 Å². The first-order valence-corrected chi connectivity index (χ1v) is 5.57. The van der Waals surface area contributed by atoms with E-state index in [0.717, 1.165) is 20.2 Å². The Morgan fingerprint density at radius 3 is 2.57 bits per heavy atom. The van der Waals surface area contributed by atoms with Gasteiger partial charge in [0.25, 0.3) is 0 Å². The highest BCUT2D eigenvalue weighted by molar-refractivity contribution is 9.13. The van der Waals surface area contributed by atoms with Crippen molar-refractivity contribution in [2.75, 3.05) is 0 Å². The second kappa shape index (κ2) is 4.19. The Kier molecular flexibility index (Phi) is 2.93. The summed E-state index contributed by atoms with van der Waals surface area (Å²) in [5.74, 6) is 0. The lowest BCUT2D eigenvalue weighted by Crippen LogP contribution is -1.84. The fourth-order valence-corrected chi connectivity index (χ4v) is 1.62. The lowest BCUT2D eigenvalue weighted by atomic mass is 10.2. The predicted molar refractivity (Wildman–Crippen MR) is 62.9 cm³/mol. The largest absolute Gasteiger partial charge is 0.264 e. The van der Waals surface area contributed by atoms with E-state index in [2.05, 4.69) is 41.8 Å². The van der Waals surface area contributed by atoms with E-state index in [-0.39, 0.29) is 0 Å². The molecule has 70 valence electrons. The zero-order valence-corrected chi connectivity index (χ0v) is 10.3. The summed E-state index contributed by atoms with van der Waals surface area (Å²) in [6, 6.07) is 5.84. The van der Waals surface area contributed by atoms with Crippen LogP contribution in [0.25, 0.3) is 11.3 Å². The molecule has 0 radical (unpaired) electrons. The van der Waals surface area contributed by atoms with Crippen molar-refractivity contribution in [3.63, 3.8) is 0 Å². The molecule has 4 heteroatoms. The highest BCUT2D eigenvalue weighted by Gasteiger charge is 2.02. The fraction of sp³-hybridized carbons (Fsp3) is 0. The molecule has 0 fully saturated rings. The second-order valence-electron chi connectivity index (χ2n) is 2.73. The SMILES string of the molecule is Brc1cnc(-c2cccnc2)cc1Br. The van der Waals surface area contributed by atoms with Crippen molar-refractivity contribution in [2.24, 2.45) is 0 Å². The van der Waals surface area contributed by atoms with Crippen molar-refractivity contribution in [3.05, 3.63) is 45.7 Å². The summed E-state index contributed by atoms with van der Waals surface area (Å²) in [5.41, 5.74) is 1.92. The normalized spacial score (nSPS) is 10.1. The first-order valence-electron chi connectivity index (χ1n) is 3.99. The van der Waals surface area contributed by atoms with Crippen LogP contribution in [-0.4, -0.2) is 9.97 Å². The van der Waals surface area contributed by atoms with Gasteiger partial charge < -0.3 is 0 Å². The zero-order valence-electron chi connectivity index (χ0n) is 7.11. The molecule has 2 heterocycles. The predicted octanol–water partition coefficient (Wildman–Crippen LogP) is 3.67. The van der Waals surface area contributed by atoms with Crippen LogP contribution in [0.5, 0.6) is 0 Å². The number of hydrogen-bond acceptors (Lipinski definition) is 2. The van der Waals surface area contributed by atoms with E-state index in [1.54, 1.807) is 18.6 Å². The number of halogens is 2. The zero-order chi connectivity index (χ0) is 9.97. The van der Waals surface area contributed by atoms with E-state index >= 15 is 0 Å². The topological polar surface area (TPSA) is 25.8 Å². The molecule has 0 bridgehead atoms. The molecular formula is C10H6Br2N2. The fourth-order valence-electron chi connectivity index (χ4n) is 1.09. The van der Waals surface area contributed by atoms with Crippen molar-refractivity contribution in [1.82, 2.24) is 9.97 Å². The van der Waals surface area contributed by atoms with Gasteiger partial charge in [0.1, 0.15) is 0 Å². The van der Waals surface area contributed by atoms with E-state index in [4.69, 9.17) is 0 Å². The van der Waals surface area contributed by atoms with Crippen LogP contribution in [-0.2, 0) is 0 Å². The van der Waals surface area contributed by atoms with Gasteiger partial charge in [-0.05, 0) is 50.1 Å². The van der Waals surface area contributed by atoms with E-state index in [0.29, 0.717) is 0 Å². The summed E-state index contributed by atoms with van der Waals surface area (Å²) in [4.78, 5) is 8.34. The minimum Gasteiger partial charge on any atom is -0.264 e. The average Bonchev–Trinajstić information content (AvgIpc) is 2.23. The standard InChI is InChI=1S/C10H6Br2N2/c11-8-4-10(14-6-9(8)12)7-2-1-3-13-5-7/h1-6H. The van der Waals surface area contributed by atoms with Crippen LogP contribution in [0.4, 0.5) is 0 Å². The van der Waals surface area contributed by atoms with Crippen LogP contribution >= 0.6 is 31.9 Å². The van der Waals surface area contributed by atoms with Crippen LogP contribution < -0.4 is 0 Å². The van der Waals surface area contributed by atoms with Crippen LogP contribution in [0.15, 0.2) is 45.7 Å². The Hall–Kier alpha value is -0.740. The van der Waals surface area contributed by atoms with Gasteiger partial charge in [-0.25, -0.2) is 0 Å². The molecule has 0 aromatic carbocycles. The minimum absolute atomic E-state index is 0.910. The molecule has 0 aliphatic carbocycles. The van der Waals surface area contributed by atoms with Gasteiger partial charge in [0.15, 0.2) is 0 Å². The van der Waals surface area contributed by atoms with Crippen LogP contribution in [0.3, 0.4) is 0 Å². The lowest BCUT2D eigenvalue weighted by Gasteiger charge is -2.01. The molecule has 2 aromatic heterocycles. The average molecular weight is 314 g/mol. The maximum Gasteiger partial charge on any atom is 0.0729 e. The van der Waals surface area contributed by atoms with Crippen molar-refractivity contribution in [3.8, 4) is 11.3 Å². The van der Waals surface area contributed by atoms with Gasteiger partial charge in [-0.15, -0.1) is 0 Å². The molecule has 0 atom stereocenters. The van der Waals surface area contributed by atoms with Gasteiger partial charge in [0, 0.05) is 28.6 Å². The third-order valence-corrected chi connectivity index (χ3v) is 3.59. The molecule has 14 heavy (non-hydrogen) atoms. The molecule has 0 unspecified atom stereocenters. The highest BCUT2D eigenvalue weighted by atomic mass is 79.9. The van der Waals surface area contributed by atoms with Gasteiger partial charge in [-0.3, -0.25) is 9.97 Å². The number of hydrogen-bond donors (Lipinski definition) is 0. The maximum atomic E-state index is 4.29. The van der Waals surface area contributed by atoms with Gasteiger partial charge >= 0.3 is 0 Å². The van der Waals surface area contributed by atoms with E-state index in [9.17, 15) is 0 Å². The van der Waals surface area contributed by atoms with Crippen LogP contribution in [0.1, 0.15) is 0 Å². The van der Waals surface area contributed by atoms with Crippen LogP contribution in [0, 0.1) is 0 Å². The van der Waals surface area contributed by atoms with E-state index in [1.807, 2.05) is 18.2 Å². The molecule has 0 N–H and O–H groups in total. The molecule has 2 nitrogen and oxygen atoms in total. The molecule has 0 aliphatic heterocycles. The number of aromatic nitrogens is 2. The summed E-state index contributed by atoms with van der Waals surface area (Å²) in [5, 5.41) is 0. The lowest BCUT2D eigenvalue weighted by molar-refractivity contribution is 1.26. The van der Waals surface area contributed by atoms with Gasteiger partial charge in [-0.1, -0.05) is 0 Å². The first kappa shape index (κ1) is 9.80. The third kappa shape index (κ3) is 2.01. The summed E-state index contributed by atoms with van der Waals surface area (Å²) in [6.07, 6.45) is 5.31. The quantitative estimate of drug-likeness (QED) is 0.803. The first-order chi connectivity index (χ1) is 6.77. The Labute approximate surface area is 98.7 Å². The van der Waals surface area contributed by atoms with E-state index < -0.39 is 0 Å². The summed E-state index contributed by atoms with van der Waals surface area (Å²) in [7, 11) is 0. The van der Waals surface area contributed by atoms with Crippen LogP contribution in [0.2, 0.25) is 0 Å².